The Bertz CT molecular complexity index is 1150. The summed E-state index contributed by atoms with van der Waals surface area (Å²) >= 11 is 0. The van der Waals surface area contributed by atoms with Gasteiger partial charge in [0.05, 0.1) is 12.7 Å². The van der Waals surface area contributed by atoms with E-state index in [1.165, 1.54) is 13.3 Å². The van der Waals surface area contributed by atoms with Crippen molar-refractivity contribution in [2.45, 2.75) is 122 Å². The standard InChI is InChI=1S/C37H65N5O6/c1-20-29-16-26(37(29,4)5)17-30(20)40-36(46)33-32(21(2)39-22(3)44)31(19-43)48-42(33)18-23-11-10-12-28(34(23)47-9)24-13-25(35(45)38-6)15-27(14-24)41(7)8/h20-21,23-34,43H,10-19H2,1-9H3,(H,38,45)(H,39,44)(H,40,46)/t20-,21?,23?,24?,25?,26+,27?,28?,29-,30-,31-,32+,33-,34?/m0/s1. The maximum Gasteiger partial charge on any atom is 0.240 e. The van der Waals surface area contributed by atoms with Crippen LogP contribution in [0.25, 0.3) is 0 Å². The molecule has 0 spiro atoms. The lowest BCUT2D eigenvalue weighted by molar-refractivity contribution is -0.193. The molecule has 1 aliphatic heterocycles. The largest absolute Gasteiger partial charge is 0.394 e. The lowest BCUT2D eigenvalue weighted by atomic mass is 9.45. The van der Waals surface area contributed by atoms with E-state index in [4.69, 9.17) is 9.57 Å². The molecule has 11 heteroatoms. The van der Waals surface area contributed by atoms with Gasteiger partial charge in [0, 0.05) is 63.5 Å². The van der Waals surface area contributed by atoms with Crippen LogP contribution in [-0.4, -0.2) is 111 Å². The van der Waals surface area contributed by atoms with Gasteiger partial charge in [0.2, 0.25) is 17.7 Å². The van der Waals surface area contributed by atoms with Gasteiger partial charge < -0.3 is 30.7 Å². The van der Waals surface area contributed by atoms with Crippen LogP contribution in [0.1, 0.15) is 86.0 Å². The summed E-state index contributed by atoms with van der Waals surface area (Å²) in [4.78, 5) is 48.2. The van der Waals surface area contributed by atoms with E-state index in [2.05, 4.69) is 55.7 Å². The molecule has 1 heterocycles. The second-order valence-electron chi connectivity index (χ2n) is 17.0. The van der Waals surface area contributed by atoms with E-state index in [1.807, 2.05) is 12.0 Å². The van der Waals surface area contributed by atoms with Crippen molar-refractivity contribution in [2.24, 2.45) is 52.8 Å². The molecule has 4 N–H and O–H groups in total. The highest BCUT2D eigenvalue weighted by molar-refractivity contribution is 5.83. The smallest absolute Gasteiger partial charge is 0.240 e. The van der Waals surface area contributed by atoms with Crippen LogP contribution >= 0.6 is 0 Å². The van der Waals surface area contributed by atoms with Gasteiger partial charge in [-0.25, -0.2) is 0 Å². The van der Waals surface area contributed by atoms with Gasteiger partial charge in [-0.15, -0.1) is 0 Å². The molecular weight excluding hydrogens is 610 g/mol. The number of aliphatic hydroxyl groups is 1. The maximum absolute atomic E-state index is 14.4. The molecule has 11 nitrogen and oxygen atoms in total. The van der Waals surface area contributed by atoms with Gasteiger partial charge in [0.25, 0.3) is 0 Å². The Morgan fingerprint density at radius 3 is 2.40 bits per heavy atom. The quantitative estimate of drug-likeness (QED) is 0.263. The predicted molar refractivity (Wildman–Crippen MR) is 184 cm³/mol. The first-order valence-corrected chi connectivity index (χ1v) is 18.7. The highest BCUT2D eigenvalue weighted by Gasteiger charge is 2.58. The molecule has 0 aromatic rings. The van der Waals surface area contributed by atoms with Crippen LogP contribution in [0.4, 0.5) is 0 Å². The molecule has 6 rings (SSSR count). The average molecular weight is 676 g/mol. The van der Waals surface area contributed by atoms with Crippen LogP contribution in [0.5, 0.6) is 0 Å². The van der Waals surface area contributed by atoms with Crippen molar-refractivity contribution in [3.63, 3.8) is 0 Å². The fourth-order valence-electron chi connectivity index (χ4n) is 11.1. The molecule has 2 bridgehead atoms. The van der Waals surface area contributed by atoms with E-state index in [1.54, 1.807) is 14.2 Å². The topological polar surface area (TPSA) is 132 Å². The summed E-state index contributed by atoms with van der Waals surface area (Å²) in [5, 5.41) is 21.7. The Balaban J connectivity index is 1.37. The molecule has 14 atom stereocenters. The molecule has 0 aromatic carbocycles. The molecular formula is C37H65N5O6. The monoisotopic (exact) mass is 675 g/mol. The first-order chi connectivity index (χ1) is 22.7. The molecule has 1 saturated heterocycles. The second kappa shape index (κ2) is 15.2. The van der Waals surface area contributed by atoms with E-state index in [0.717, 1.165) is 44.9 Å². The predicted octanol–water partition coefficient (Wildman–Crippen LogP) is 2.81. The van der Waals surface area contributed by atoms with E-state index in [0.29, 0.717) is 47.6 Å². The number of fused-ring (bicyclic) bond motifs is 2. The highest BCUT2D eigenvalue weighted by atomic mass is 16.7. The van der Waals surface area contributed by atoms with E-state index < -0.39 is 18.1 Å². The molecule has 3 amide bonds. The van der Waals surface area contributed by atoms with Crippen molar-refractivity contribution < 1.29 is 29.1 Å². The third-order valence-electron chi connectivity index (χ3n) is 13.9. The summed E-state index contributed by atoms with van der Waals surface area (Å²) in [7, 11) is 7.74. The fourth-order valence-corrected chi connectivity index (χ4v) is 11.1. The Kier molecular flexibility index (Phi) is 11.9. The number of methoxy groups -OCH3 is 1. The molecule has 0 radical (unpaired) electrons. The second-order valence-corrected chi connectivity index (χ2v) is 17.0. The zero-order valence-electron chi connectivity index (χ0n) is 31.0. The van der Waals surface area contributed by atoms with Crippen molar-refractivity contribution in [1.29, 1.82) is 0 Å². The molecule has 7 unspecified atom stereocenters. The van der Waals surface area contributed by atoms with Gasteiger partial charge in [-0.2, -0.15) is 5.06 Å². The summed E-state index contributed by atoms with van der Waals surface area (Å²) in [6.45, 7) is 10.6. The zero-order valence-corrected chi connectivity index (χ0v) is 31.0. The number of hydroxylamine groups is 2. The molecule has 0 aromatic heterocycles. The average Bonchev–Trinajstić information content (AvgIpc) is 3.42. The fraction of sp³-hybridized carbons (Fsp3) is 0.919. The van der Waals surface area contributed by atoms with Crippen LogP contribution in [-0.2, 0) is 24.0 Å². The number of ether oxygens (including phenoxy) is 1. The molecule has 6 aliphatic rings. The summed E-state index contributed by atoms with van der Waals surface area (Å²) in [6, 6.07) is -0.610. The molecule has 274 valence electrons. The zero-order chi connectivity index (χ0) is 35.1. The van der Waals surface area contributed by atoms with Gasteiger partial charge in [-0.05, 0) is 101 Å². The van der Waals surface area contributed by atoms with Crippen molar-refractivity contribution in [3.8, 4) is 0 Å². The van der Waals surface area contributed by atoms with Crippen molar-refractivity contribution in [3.05, 3.63) is 0 Å². The number of nitrogens with one attached hydrogen (secondary N) is 3. The Labute approximate surface area is 288 Å². The Morgan fingerprint density at radius 1 is 1.08 bits per heavy atom. The SMILES string of the molecule is CNC(=O)C1CC(C2CCCC(CN3O[C@@H](CO)[C@@H](C(C)NC(C)=O)[C@H]3C(=O)N[C@H]3C[C@H]4C[C@@H]([C@@H]3C)C4(C)C)C2OC)CC(N(C)C)C1. The van der Waals surface area contributed by atoms with Gasteiger partial charge in [-0.3, -0.25) is 19.2 Å². The van der Waals surface area contributed by atoms with Crippen LogP contribution in [0.2, 0.25) is 0 Å². The van der Waals surface area contributed by atoms with Gasteiger partial charge in [0.1, 0.15) is 12.1 Å². The third-order valence-corrected chi connectivity index (χ3v) is 13.9. The molecule has 5 saturated carbocycles. The third kappa shape index (κ3) is 7.32. The van der Waals surface area contributed by atoms with Crippen molar-refractivity contribution >= 4 is 17.7 Å². The number of aliphatic hydroxyl groups excluding tert-OH is 1. The van der Waals surface area contributed by atoms with Crippen molar-refractivity contribution in [1.82, 2.24) is 25.9 Å². The lowest BCUT2D eigenvalue weighted by Gasteiger charge is -2.62. The number of nitrogens with zero attached hydrogens (tertiary/aromatic N) is 2. The number of carbonyl (C=O) groups excluding carboxylic acids is 3. The van der Waals surface area contributed by atoms with Gasteiger partial charge >= 0.3 is 0 Å². The van der Waals surface area contributed by atoms with Crippen LogP contribution in [0.15, 0.2) is 0 Å². The number of carbonyl (C=O) groups is 3. The van der Waals surface area contributed by atoms with Gasteiger partial charge in [0.15, 0.2) is 0 Å². The minimum atomic E-state index is -0.661. The first kappa shape index (κ1) is 37.5. The lowest BCUT2D eigenvalue weighted by Crippen LogP contribution is -2.63. The maximum atomic E-state index is 14.4. The van der Waals surface area contributed by atoms with Crippen molar-refractivity contribution in [2.75, 3.05) is 41.4 Å². The first-order valence-electron chi connectivity index (χ1n) is 18.7. The minimum absolute atomic E-state index is 0.0193. The Hall–Kier alpha value is -1.79. The normalized spacial score (nSPS) is 41.7. The highest BCUT2D eigenvalue weighted by Crippen LogP contribution is 2.61. The molecule has 6 fully saturated rings. The van der Waals surface area contributed by atoms with E-state index in [-0.39, 0.29) is 54.4 Å². The number of rotatable bonds is 11. The van der Waals surface area contributed by atoms with Crippen LogP contribution in [0, 0.1) is 52.8 Å². The number of hydrogen-bond acceptors (Lipinski definition) is 8. The minimum Gasteiger partial charge on any atom is -0.394 e. The van der Waals surface area contributed by atoms with E-state index >= 15 is 0 Å². The van der Waals surface area contributed by atoms with Crippen LogP contribution in [0.3, 0.4) is 0 Å². The summed E-state index contributed by atoms with van der Waals surface area (Å²) in [6.07, 6.45) is 7.33. The van der Waals surface area contributed by atoms with Gasteiger partial charge in [-0.1, -0.05) is 27.2 Å². The summed E-state index contributed by atoms with van der Waals surface area (Å²) in [5.74, 6) is 1.75. The number of amides is 3. The Morgan fingerprint density at radius 2 is 1.81 bits per heavy atom. The van der Waals surface area contributed by atoms with E-state index in [9.17, 15) is 19.5 Å². The molecule has 48 heavy (non-hydrogen) atoms. The van der Waals surface area contributed by atoms with Crippen LogP contribution < -0.4 is 16.0 Å². The summed E-state index contributed by atoms with van der Waals surface area (Å²) < 4.78 is 6.34. The molecule has 5 aliphatic carbocycles. The number of hydrogen-bond donors (Lipinski definition) is 4. The summed E-state index contributed by atoms with van der Waals surface area (Å²) in [5.41, 5.74) is 0.311.